The topological polar surface area (TPSA) is 58.2 Å². The van der Waals surface area contributed by atoms with E-state index >= 15 is 0 Å². The van der Waals surface area contributed by atoms with Crippen LogP contribution in [-0.2, 0) is 16.0 Å². The van der Waals surface area contributed by atoms with Crippen LogP contribution < -0.4 is 10.6 Å². The number of carbonyl (C=O) groups is 2. The van der Waals surface area contributed by atoms with E-state index in [0.29, 0.717) is 12.8 Å². The van der Waals surface area contributed by atoms with Crippen LogP contribution in [-0.4, -0.2) is 17.9 Å². The molecule has 0 aliphatic heterocycles. The number of benzene rings is 2. The molecule has 0 saturated heterocycles. The summed E-state index contributed by atoms with van der Waals surface area (Å²) in [6.07, 6.45) is 2.70. The molecule has 0 aromatic heterocycles. The Kier molecular flexibility index (Phi) is 7.87. The van der Waals surface area contributed by atoms with Gasteiger partial charge in [0.1, 0.15) is 6.04 Å². The third kappa shape index (κ3) is 6.36. The van der Waals surface area contributed by atoms with Gasteiger partial charge in [0.05, 0.1) is 6.04 Å². The van der Waals surface area contributed by atoms with E-state index in [-0.39, 0.29) is 17.9 Å². The third-order valence-electron chi connectivity index (χ3n) is 4.35. The summed E-state index contributed by atoms with van der Waals surface area (Å²) in [6, 6.07) is 18.9. The molecule has 0 heterocycles. The van der Waals surface area contributed by atoms with Gasteiger partial charge in [0.2, 0.25) is 11.8 Å². The van der Waals surface area contributed by atoms with Gasteiger partial charge in [-0.3, -0.25) is 9.59 Å². The lowest BCUT2D eigenvalue weighted by molar-refractivity contribution is -0.129. The van der Waals surface area contributed by atoms with Crippen molar-refractivity contribution in [2.24, 2.45) is 0 Å². The second-order valence-electron chi connectivity index (χ2n) is 6.55. The van der Waals surface area contributed by atoms with Crippen molar-refractivity contribution in [3.05, 3.63) is 71.8 Å². The van der Waals surface area contributed by atoms with Crippen molar-refractivity contribution < 1.29 is 9.59 Å². The van der Waals surface area contributed by atoms with Gasteiger partial charge in [-0.15, -0.1) is 0 Å². The van der Waals surface area contributed by atoms with E-state index in [1.807, 2.05) is 74.5 Å². The molecule has 0 spiro atoms. The maximum Gasteiger partial charge on any atom is 0.243 e. The van der Waals surface area contributed by atoms with Gasteiger partial charge in [0, 0.05) is 12.8 Å². The highest BCUT2D eigenvalue weighted by atomic mass is 16.2. The standard InChI is InChI=1S/C22H28N2O2/c1-3-4-15-21(25)24-20(16-18-11-7-5-8-12-18)22(26)23-17(2)19-13-9-6-10-14-19/h5-14,17,20H,3-4,15-16H2,1-2H3,(H,23,26)(H,24,25). The van der Waals surface area contributed by atoms with Crippen molar-refractivity contribution in [2.75, 3.05) is 0 Å². The fourth-order valence-corrected chi connectivity index (χ4v) is 2.80. The van der Waals surface area contributed by atoms with Crippen LogP contribution >= 0.6 is 0 Å². The molecule has 0 aliphatic carbocycles. The highest BCUT2D eigenvalue weighted by Crippen LogP contribution is 2.12. The predicted octanol–water partition coefficient (Wildman–Crippen LogP) is 3.78. The number of amides is 2. The van der Waals surface area contributed by atoms with Crippen molar-refractivity contribution >= 4 is 11.8 Å². The van der Waals surface area contributed by atoms with Gasteiger partial charge < -0.3 is 10.6 Å². The Morgan fingerprint density at radius 2 is 1.54 bits per heavy atom. The van der Waals surface area contributed by atoms with Crippen LogP contribution in [0.2, 0.25) is 0 Å². The Morgan fingerprint density at radius 1 is 0.923 bits per heavy atom. The molecular formula is C22H28N2O2. The molecule has 0 bridgehead atoms. The molecule has 2 rings (SSSR count). The van der Waals surface area contributed by atoms with Gasteiger partial charge in [-0.25, -0.2) is 0 Å². The lowest BCUT2D eigenvalue weighted by atomic mass is 10.0. The highest BCUT2D eigenvalue weighted by Gasteiger charge is 2.22. The fourth-order valence-electron chi connectivity index (χ4n) is 2.80. The van der Waals surface area contributed by atoms with Gasteiger partial charge in [0.15, 0.2) is 0 Å². The summed E-state index contributed by atoms with van der Waals surface area (Å²) in [5.74, 6) is -0.231. The number of hydrogen-bond acceptors (Lipinski definition) is 2. The average Bonchev–Trinajstić information content (AvgIpc) is 2.67. The van der Waals surface area contributed by atoms with E-state index in [9.17, 15) is 9.59 Å². The molecule has 2 aromatic carbocycles. The number of carbonyl (C=O) groups excluding carboxylic acids is 2. The first-order chi connectivity index (χ1) is 12.6. The lowest BCUT2D eigenvalue weighted by Crippen LogP contribution is -2.48. The van der Waals surface area contributed by atoms with Gasteiger partial charge in [-0.05, 0) is 24.5 Å². The largest absolute Gasteiger partial charge is 0.348 e. The molecule has 4 nitrogen and oxygen atoms in total. The first-order valence-electron chi connectivity index (χ1n) is 9.28. The molecule has 2 aromatic rings. The minimum Gasteiger partial charge on any atom is -0.348 e. The van der Waals surface area contributed by atoms with Crippen LogP contribution in [0.3, 0.4) is 0 Å². The number of hydrogen-bond donors (Lipinski definition) is 2. The Morgan fingerprint density at radius 3 is 2.15 bits per heavy atom. The molecule has 4 heteroatoms. The van der Waals surface area contributed by atoms with Crippen LogP contribution in [0.15, 0.2) is 60.7 Å². The fraction of sp³-hybridized carbons (Fsp3) is 0.364. The normalized spacial score (nSPS) is 12.8. The zero-order valence-electron chi connectivity index (χ0n) is 15.6. The van der Waals surface area contributed by atoms with Crippen molar-refractivity contribution in [2.45, 2.75) is 51.6 Å². The van der Waals surface area contributed by atoms with Crippen LogP contribution in [0, 0.1) is 0 Å². The average molecular weight is 352 g/mol. The summed E-state index contributed by atoms with van der Waals surface area (Å²) in [4.78, 5) is 25.0. The summed E-state index contributed by atoms with van der Waals surface area (Å²) >= 11 is 0. The molecule has 2 unspecified atom stereocenters. The van der Waals surface area contributed by atoms with Gasteiger partial charge >= 0.3 is 0 Å². The first kappa shape index (κ1) is 19.7. The van der Waals surface area contributed by atoms with E-state index in [1.54, 1.807) is 0 Å². The van der Waals surface area contributed by atoms with Crippen LogP contribution in [0.4, 0.5) is 0 Å². The van der Waals surface area contributed by atoms with Gasteiger partial charge in [-0.1, -0.05) is 74.0 Å². The summed E-state index contributed by atoms with van der Waals surface area (Å²) in [5, 5.41) is 5.93. The molecule has 0 saturated carbocycles. The van der Waals surface area contributed by atoms with E-state index in [2.05, 4.69) is 10.6 Å². The SMILES string of the molecule is CCCCC(=O)NC(Cc1ccccc1)C(=O)NC(C)c1ccccc1. The highest BCUT2D eigenvalue weighted by molar-refractivity contribution is 5.88. The van der Waals surface area contributed by atoms with Crippen molar-refractivity contribution in [1.82, 2.24) is 10.6 Å². The van der Waals surface area contributed by atoms with E-state index < -0.39 is 6.04 Å². The van der Waals surface area contributed by atoms with Crippen molar-refractivity contribution in [3.8, 4) is 0 Å². The predicted molar refractivity (Wildman–Crippen MR) is 105 cm³/mol. The molecule has 2 N–H and O–H groups in total. The Balaban J connectivity index is 2.05. The molecule has 0 fully saturated rings. The Labute approximate surface area is 156 Å². The molecule has 138 valence electrons. The molecule has 0 radical (unpaired) electrons. The van der Waals surface area contributed by atoms with Crippen molar-refractivity contribution in [3.63, 3.8) is 0 Å². The lowest BCUT2D eigenvalue weighted by Gasteiger charge is -2.22. The van der Waals surface area contributed by atoms with E-state index in [4.69, 9.17) is 0 Å². The smallest absolute Gasteiger partial charge is 0.243 e. The monoisotopic (exact) mass is 352 g/mol. The number of nitrogens with one attached hydrogen (secondary N) is 2. The van der Waals surface area contributed by atoms with Crippen molar-refractivity contribution in [1.29, 1.82) is 0 Å². The van der Waals surface area contributed by atoms with Crippen LogP contribution in [0.1, 0.15) is 50.3 Å². The quantitative estimate of drug-likeness (QED) is 0.721. The zero-order chi connectivity index (χ0) is 18.8. The summed E-state index contributed by atoms with van der Waals surface area (Å²) in [5.41, 5.74) is 2.06. The summed E-state index contributed by atoms with van der Waals surface area (Å²) in [7, 11) is 0. The van der Waals surface area contributed by atoms with Gasteiger partial charge in [0.25, 0.3) is 0 Å². The van der Waals surface area contributed by atoms with E-state index in [1.165, 1.54) is 0 Å². The van der Waals surface area contributed by atoms with E-state index in [0.717, 1.165) is 24.0 Å². The third-order valence-corrected chi connectivity index (χ3v) is 4.35. The Hall–Kier alpha value is -2.62. The second kappa shape index (κ2) is 10.4. The maximum atomic E-state index is 12.8. The van der Waals surface area contributed by atoms with Crippen LogP contribution in [0.25, 0.3) is 0 Å². The molecular weight excluding hydrogens is 324 g/mol. The number of unbranched alkanes of at least 4 members (excludes halogenated alkanes) is 1. The summed E-state index contributed by atoms with van der Waals surface area (Å²) in [6.45, 7) is 3.99. The van der Waals surface area contributed by atoms with Gasteiger partial charge in [-0.2, -0.15) is 0 Å². The number of rotatable bonds is 9. The maximum absolute atomic E-state index is 12.8. The van der Waals surface area contributed by atoms with Crippen LogP contribution in [0.5, 0.6) is 0 Å². The molecule has 26 heavy (non-hydrogen) atoms. The first-order valence-corrected chi connectivity index (χ1v) is 9.28. The molecule has 2 amide bonds. The minimum absolute atomic E-state index is 0.0738. The minimum atomic E-state index is -0.576. The Bertz CT molecular complexity index is 686. The molecule has 0 aliphatic rings. The zero-order valence-corrected chi connectivity index (χ0v) is 15.6. The second-order valence-corrected chi connectivity index (χ2v) is 6.55. The summed E-state index contributed by atoms with van der Waals surface area (Å²) < 4.78 is 0. The molecule has 2 atom stereocenters.